The van der Waals surface area contributed by atoms with Gasteiger partial charge in [-0.05, 0) is 41.8 Å². The van der Waals surface area contributed by atoms with Crippen molar-refractivity contribution in [3.05, 3.63) is 14.7 Å². The number of piperidine rings is 1. The molecule has 1 amide bonds. The van der Waals surface area contributed by atoms with E-state index in [9.17, 15) is 13.2 Å². The highest BCUT2D eigenvalue weighted by Gasteiger charge is 2.26. The second-order valence-corrected chi connectivity index (χ2v) is 9.43. The van der Waals surface area contributed by atoms with Crippen molar-refractivity contribution in [2.24, 2.45) is 5.73 Å². The van der Waals surface area contributed by atoms with Crippen LogP contribution in [0.25, 0.3) is 0 Å². The van der Waals surface area contributed by atoms with Crippen molar-refractivity contribution in [1.29, 1.82) is 0 Å². The minimum atomic E-state index is -3.49. The minimum Gasteiger partial charge on any atom is -0.369 e. The molecule has 1 aromatic heterocycles. The molecule has 6 nitrogen and oxygen atoms in total. The average molecular weight is 396 g/mol. The lowest BCUT2D eigenvalue weighted by atomic mass is 10.1. The van der Waals surface area contributed by atoms with Crippen molar-refractivity contribution in [2.75, 3.05) is 19.6 Å². The van der Waals surface area contributed by atoms with Gasteiger partial charge in [-0.3, -0.25) is 9.69 Å². The van der Waals surface area contributed by atoms with Gasteiger partial charge in [-0.15, -0.1) is 11.3 Å². The smallest absolute Gasteiger partial charge is 0.241 e. The Morgan fingerprint density at radius 2 is 2.14 bits per heavy atom. The Morgan fingerprint density at radius 3 is 2.62 bits per heavy atom. The number of nitrogens with two attached hydrogens (primary N) is 1. The van der Waals surface area contributed by atoms with Crippen LogP contribution in [0.5, 0.6) is 0 Å². The molecule has 1 aliphatic rings. The number of thiophene rings is 1. The van der Waals surface area contributed by atoms with Gasteiger partial charge in [0.15, 0.2) is 0 Å². The molecule has 0 aliphatic carbocycles. The van der Waals surface area contributed by atoms with Gasteiger partial charge in [0, 0.05) is 24.0 Å². The number of rotatable bonds is 5. The fraction of sp³-hybridized carbons (Fsp3) is 0.583. The SMILES string of the molecule is Cc1sc(Br)cc1S(=O)(=O)NC1CCN(CC(N)=O)CC1. The van der Waals surface area contributed by atoms with E-state index >= 15 is 0 Å². The van der Waals surface area contributed by atoms with Gasteiger partial charge >= 0.3 is 0 Å². The molecule has 9 heteroatoms. The maximum atomic E-state index is 12.4. The number of amides is 1. The number of hydrogen-bond acceptors (Lipinski definition) is 5. The molecule has 1 fully saturated rings. The second kappa shape index (κ2) is 6.74. The highest BCUT2D eigenvalue weighted by Crippen LogP contribution is 2.30. The van der Waals surface area contributed by atoms with Gasteiger partial charge in [-0.25, -0.2) is 13.1 Å². The van der Waals surface area contributed by atoms with Crippen LogP contribution in [-0.4, -0.2) is 44.9 Å². The normalized spacial score (nSPS) is 18.0. The largest absolute Gasteiger partial charge is 0.369 e. The van der Waals surface area contributed by atoms with Gasteiger partial charge in [-0.1, -0.05) is 0 Å². The molecule has 1 aliphatic heterocycles. The summed E-state index contributed by atoms with van der Waals surface area (Å²) in [6, 6.07) is 1.53. The van der Waals surface area contributed by atoms with E-state index in [1.165, 1.54) is 11.3 Å². The van der Waals surface area contributed by atoms with Crippen molar-refractivity contribution in [3.63, 3.8) is 0 Å². The van der Waals surface area contributed by atoms with Crippen molar-refractivity contribution in [3.8, 4) is 0 Å². The van der Waals surface area contributed by atoms with E-state index in [-0.39, 0.29) is 18.5 Å². The van der Waals surface area contributed by atoms with Gasteiger partial charge in [0.25, 0.3) is 0 Å². The number of nitrogens with zero attached hydrogens (tertiary/aromatic N) is 1. The van der Waals surface area contributed by atoms with Crippen molar-refractivity contribution < 1.29 is 13.2 Å². The van der Waals surface area contributed by atoms with Crippen LogP contribution in [0, 0.1) is 6.92 Å². The highest BCUT2D eigenvalue weighted by atomic mass is 79.9. The summed E-state index contributed by atoms with van der Waals surface area (Å²) < 4.78 is 28.3. The number of primary amides is 1. The zero-order chi connectivity index (χ0) is 15.6. The highest BCUT2D eigenvalue weighted by molar-refractivity contribution is 9.11. The Kier molecular flexibility index (Phi) is 5.42. The molecule has 0 bridgehead atoms. The van der Waals surface area contributed by atoms with Crippen LogP contribution in [0.1, 0.15) is 17.7 Å². The first kappa shape index (κ1) is 16.9. The minimum absolute atomic E-state index is 0.0998. The van der Waals surface area contributed by atoms with E-state index in [2.05, 4.69) is 20.7 Å². The second-order valence-electron chi connectivity index (χ2n) is 5.11. The molecule has 0 aromatic carbocycles. The van der Waals surface area contributed by atoms with Gasteiger partial charge in [0.05, 0.1) is 15.2 Å². The number of likely N-dealkylation sites (tertiary alicyclic amines) is 1. The third-order valence-electron chi connectivity index (χ3n) is 3.42. The van der Waals surface area contributed by atoms with E-state index in [1.54, 1.807) is 13.0 Å². The number of carbonyl (C=O) groups is 1. The Morgan fingerprint density at radius 1 is 1.52 bits per heavy atom. The summed E-state index contributed by atoms with van der Waals surface area (Å²) in [5, 5.41) is 0. The van der Waals surface area contributed by atoms with Gasteiger partial charge in [-0.2, -0.15) is 0 Å². The fourth-order valence-electron chi connectivity index (χ4n) is 2.41. The lowest BCUT2D eigenvalue weighted by molar-refractivity contribution is -0.119. The van der Waals surface area contributed by atoms with Crippen LogP contribution in [0.4, 0.5) is 0 Å². The lowest BCUT2D eigenvalue weighted by Gasteiger charge is -2.31. The van der Waals surface area contributed by atoms with Crippen LogP contribution in [-0.2, 0) is 14.8 Å². The molecular weight excluding hydrogens is 378 g/mol. The molecule has 0 spiro atoms. The Bertz CT molecular complexity index is 622. The molecule has 2 rings (SSSR count). The van der Waals surface area contributed by atoms with E-state index in [0.717, 1.165) is 8.66 Å². The number of carbonyl (C=O) groups excluding carboxylic acids is 1. The molecule has 0 radical (unpaired) electrons. The predicted octanol–water partition coefficient (Wildman–Crippen LogP) is 1.05. The number of halogens is 1. The van der Waals surface area contributed by atoms with Crippen LogP contribution < -0.4 is 10.5 Å². The summed E-state index contributed by atoms with van der Waals surface area (Å²) in [5.41, 5.74) is 5.16. The molecule has 2 heterocycles. The number of aryl methyl sites for hydroxylation is 1. The summed E-state index contributed by atoms with van der Waals surface area (Å²) in [6.45, 7) is 3.36. The van der Waals surface area contributed by atoms with Crippen LogP contribution in [0.2, 0.25) is 0 Å². The predicted molar refractivity (Wildman–Crippen MR) is 85.7 cm³/mol. The molecule has 0 atom stereocenters. The lowest BCUT2D eigenvalue weighted by Crippen LogP contribution is -2.46. The van der Waals surface area contributed by atoms with Gasteiger partial charge < -0.3 is 5.73 Å². The topological polar surface area (TPSA) is 92.5 Å². The summed E-state index contributed by atoms with van der Waals surface area (Å²) in [6.07, 6.45) is 1.35. The third-order valence-corrected chi connectivity index (χ3v) is 6.75. The maximum Gasteiger partial charge on any atom is 0.241 e. The van der Waals surface area contributed by atoms with E-state index < -0.39 is 10.0 Å². The van der Waals surface area contributed by atoms with E-state index in [1.807, 2.05) is 4.90 Å². The van der Waals surface area contributed by atoms with Crippen molar-refractivity contribution >= 4 is 43.2 Å². The van der Waals surface area contributed by atoms with Crippen LogP contribution in [0.15, 0.2) is 14.7 Å². The van der Waals surface area contributed by atoms with Crippen molar-refractivity contribution in [1.82, 2.24) is 9.62 Å². The van der Waals surface area contributed by atoms with E-state index in [4.69, 9.17) is 5.73 Å². The number of nitrogens with one attached hydrogen (secondary N) is 1. The average Bonchev–Trinajstić information content (AvgIpc) is 2.71. The molecule has 3 N–H and O–H groups in total. The van der Waals surface area contributed by atoms with Crippen LogP contribution in [0.3, 0.4) is 0 Å². The first-order chi connectivity index (χ1) is 9.78. The quantitative estimate of drug-likeness (QED) is 0.778. The molecule has 0 unspecified atom stereocenters. The monoisotopic (exact) mass is 395 g/mol. The molecule has 0 saturated carbocycles. The molecule has 118 valence electrons. The Labute approximate surface area is 136 Å². The molecular formula is C12H18BrN3O3S2. The zero-order valence-electron chi connectivity index (χ0n) is 11.6. The standard InChI is InChI=1S/C12H18BrN3O3S2/c1-8-10(6-11(13)20-8)21(18,19)15-9-2-4-16(5-3-9)7-12(14)17/h6,9,15H,2-5,7H2,1H3,(H2,14,17). The fourth-order valence-corrected chi connectivity index (χ4v) is 6.13. The molecule has 21 heavy (non-hydrogen) atoms. The summed E-state index contributed by atoms with van der Waals surface area (Å²) >= 11 is 4.71. The summed E-state index contributed by atoms with van der Waals surface area (Å²) in [5.74, 6) is -0.354. The first-order valence-electron chi connectivity index (χ1n) is 6.57. The summed E-state index contributed by atoms with van der Waals surface area (Å²) in [4.78, 5) is 13.9. The van der Waals surface area contributed by atoms with E-state index in [0.29, 0.717) is 30.8 Å². The zero-order valence-corrected chi connectivity index (χ0v) is 14.9. The third kappa shape index (κ3) is 4.49. The van der Waals surface area contributed by atoms with Crippen molar-refractivity contribution in [2.45, 2.75) is 30.7 Å². The van der Waals surface area contributed by atoms with Gasteiger partial charge in [0.2, 0.25) is 15.9 Å². The van der Waals surface area contributed by atoms with Crippen LogP contribution >= 0.6 is 27.3 Å². The molecule has 1 aromatic rings. The Balaban J connectivity index is 1.97. The van der Waals surface area contributed by atoms with Gasteiger partial charge in [0.1, 0.15) is 0 Å². The number of hydrogen-bond donors (Lipinski definition) is 2. The number of sulfonamides is 1. The maximum absolute atomic E-state index is 12.4. The first-order valence-corrected chi connectivity index (χ1v) is 9.66. The Hall–Kier alpha value is -0.480. The molecule has 1 saturated heterocycles. The summed E-state index contributed by atoms with van der Waals surface area (Å²) in [7, 11) is -3.49.